The van der Waals surface area contributed by atoms with E-state index in [-0.39, 0.29) is 25.4 Å². The Kier molecular flexibility index (Phi) is 8.49. The molecule has 1 amide bonds. The van der Waals surface area contributed by atoms with E-state index in [0.717, 1.165) is 5.56 Å². The third kappa shape index (κ3) is 6.84. The van der Waals surface area contributed by atoms with Crippen LogP contribution in [0.25, 0.3) is 6.08 Å². The molecule has 0 radical (unpaired) electrons. The lowest BCUT2D eigenvalue weighted by Crippen LogP contribution is -2.37. The van der Waals surface area contributed by atoms with Gasteiger partial charge in [0.25, 0.3) is 0 Å². The third-order valence-electron chi connectivity index (χ3n) is 3.44. The maximum Gasteiger partial charge on any atom is 0.307 e. The van der Waals surface area contributed by atoms with Crippen LogP contribution in [0.5, 0.6) is 11.5 Å². The Balaban J connectivity index is 2.83. The molecule has 7 nitrogen and oxygen atoms in total. The fourth-order valence-electron chi connectivity index (χ4n) is 2.17. The van der Waals surface area contributed by atoms with Crippen molar-refractivity contribution >= 4 is 18.0 Å². The van der Waals surface area contributed by atoms with Gasteiger partial charge < -0.3 is 24.2 Å². The van der Waals surface area contributed by atoms with Crippen LogP contribution in [0.15, 0.2) is 24.3 Å². The van der Waals surface area contributed by atoms with Gasteiger partial charge in [0.1, 0.15) is 0 Å². The number of amides is 1. The molecule has 0 aliphatic carbocycles. The van der Waals surface area contributed by atoms with Crippen molar-refractivity contribution in [2.75, 3.05) is 34.4 Å². The Morgan fingerprint density at radius 3 is 2.44 bits per heavy atom. The molecule has 0 fully saturated rings. The summed E-state index contributed by atoms with van der Waals surface area (Å²) in [5.74, 6) is 0.440. The Labute approximate surface area is 147 Å². The number of hydrogen-bond acceptors (Lipinski definition) is 6. The summed E-state index contributed by atoms with van der Waals surface area (Å²) in [5, 5.41) is 9.54. The van der Waals surface area contributed by atoms with Gasteiger partial charge in [-0.2, -0.15) is 0 Å². The molecular weight excluding hydrogens is 326 g/mol. The predicted molar refractivity (Wildman–Crippen MR) is 93.5 cm³/mol. The SMILES string of the molecule is COC(=O)CCN(CC(C)O)C(=O)/C=C/c1ccc(OC)c(OC)c1. The van der Waals surface area contributed by atoms with Crippen molar-refractivity contribution in [2.24, 2.45) is 0 Å². The highest BCUT2D eigenvalue weighted by atomic mass is 16.5. The second-order valence-electron chi connectivity index (χ2n) is 5.41. The van der Waals surface area contributed by atoms with Gasteiger partial charge in [0.15, 0.2) is 11.5 Å². The van der Waals surface area contributed by atoms with Gasteiger partial charge in [-0.05, 0) is 30.7 Å². The lowest BCUT2D eigenvalue weighted by molar-refractivity contribution is -0.141. The van der Waals surface area contributed by atoms with E-state index in [9.17, 15) is 14.7 Å². The number of ether oxygens (including phenoxy) is 3. The van der Waals surface area contributed by atoms with Gasteiger partial charge in [0, 0.05) is 19.2 Å². The molecular formula is C18H25NO6. The van der Waals surface area contributed by atoms with Crippen LogP contribution in [0.2, 0.25) is 0 Å². The number of benzene rings is 1. The molecule has 0 heterocycles. The molecule has 0 saturated carbocycles. The number of nitrogens with zero attached hydrogens (tertiary/aromatic N) is 1. The fourth-order valence-corrected chi connectivity index (χ4v) is 2.17. The topological polar surface area (TPSA) is 85.3 Å². The lowest BCUT2D eigenvalue weighted by Gasteiger charge is -2.22. The van der Waals surface area contributed by atoms with E-state index in [1.807, 2.05) is 0 Å². The van der Waals surface area contributed by atoms with Gasteiger partial charge in [-0.1, -0.05) is 6.07 Å². The number of carbonyl (C=O) groups excluding carboxylic acids is 2. The first kappa shape index (κ1) is 20.5. The van der Waals surface area contributed by atoms with Crippen molar-refractivity contribution < 1.29 is 28.9 Å². The van der Waals surface area contributed by atoms with Crippen LogP contribution < -0.4 is 9.47 Å². The molecule has 1 aromatic carbocycles. The Morgan fingerprint density at radius 1 is 1.20 bits per heavy atom. The second kappa shape index (κ2) is 10.4. The number of rotatable bonds is 9. The fraction of sp³-hybridized carbons (Fsp3) is 0.444. The molecule has 1 rings (SSSR count). The monoisotopic (exact) mass is 351 g/mol. The number of carbonyl (C=O) groups is 2. The number of esters is 1. The molecule has 7 heteroatoms. The number of aliphatic hydroxyl groups excluding tert-OH is 1. The third-order valence-corrected chi connectivity index (χ3v) is 3.44. The average Bonchev–Trinajstić information content (AvgIpc) is 2.61. The quantitative estimate of drug-likeness (QED) is 0.536. The molecule has 0 aromatic heterocycles. The number of aliphatic hydroxyl groups is 1. The van der Waals surface area contributed by atoms with Gasteiger partial charge in [-0.3, -0.25) is 9.59 Å². The van der Waals surface area contributed by atoms with Crippen molar-refractivity contribution in [3.8, 4) is 11.5 Å². The minimum atomic E-state index is -0.698. The van der Waals surface area contributed by atoms with Crippen LogP contribution in [0.3, 0.4) is 0 Å². The molecule has 0 spiro atoms. The minimum Gasteiger partial charge on any atom is -0.493 e. The predicted octanol–water partition coefficient (Wildman–Crippen LogP) is 1.49. The average molecular weight is 351 g/mol. The van der Waals surface area contributed by atoms with Crippen LogP contribution in [-0.2, 0) is 14.3 Å². The zero-order valence-electron chi connectivity index (χ0n) is 15.0. The van der Waals surface area contributed by atoms with Crippen molar-refractivity contribution in [3.63, 3.8) is 0 Å². The maximum absolute atomic E-state index is 12.4. The van der Waals surface area contributed by atoms with Crippen molar-refractivity contribution in [1.82, 2.24) is 4.90 Å². The first-order valence-electron chi connectivity index (χ1n) is 7.85. The van der Waals surface area contributed by atoms with Crippen LogP contribution >= 0.6 is 0 Å². The Morgan fingerprint density at radius 2 is 1.88 bits per heavy atom. The molecule has 0 bridgehead atoms. The van der Waals surface area contributed by atoms with Crippen LogP contribution in [0, 0.1) is 0 Å². The maximum atomic E-state index is 12.4. The zero-order chi connectivity index (χ0) is 18.8. The highest BCUT2D eigenvalue weighted by molar-refractivity contribution is 5.92. The summed E-state index contributed by atoms with van der Waals surface area (Å²) >= 11 is 0. The van der Waals surface area contributed by atoms with E-state index < -0.39 is 12.1 Å². The van der Waals surface area contributed by atoms with Crippen LogP contribution in [-0.4, -0.2) is 62.4 Å². The van der Waals surface area contributed by atoms with Crippen molar-refractivity contribution in [2.45, 2.75) is 19.4 Å². The summed E-state index contributed by atoms with van der Waals surface area (Å²) in [7, 11) is 4.37. The summed E-state index contributed by atoms with van der Waals surface area (Å²) in [5.41, 5.74) is 0.760. The van der Waals surface area contributed by atoms with E-state index >= 15 is 0 Å². The van der Waals surface area contributed by atoms with E-state index in [4.69, 9.17) is 9.47 Å². The van der Waals surface area contributed by atoms with E-state index in [1.165, 1.54) is 25.2 Å². The number of hydrogen-bond donors (Lipinski definition) is 1. The molecule has 1 aromatic rings. The molecule has 1 unspecified atom stereocenters. The first-order valence-corrected chi connectivity index (χ1v) is 7.85. The van der Waals surface area contributed by atoms with E-state index in [2.05, 4.69) is 4.74 Å². The normalized spacial score (nSPS) is 11.9. The smallest absolute Gasteiger partial charge is 0.307 e. The van der Waals surface area contributed by atoms with E-state index in [1.54, 1.807) is 38.3 Å². The second-order valence-corrected chi connectivity index (χ2v) is 5.41. The molecule has 0 saturated heterocycles. The Bertz CT molecular complexity index is 612. The summed E-state index contributed by atoms with van der Waals surface area (Å²) in [6.45, 7) is 1.88. The lowest BCUT2D eigenvalue weighted by atomic mass is 10.2. The largest absolute Gasteiger partial charge is 0.493 e. The van der Waals surface area contributed by atoms with Gasteiger partial charge >= 0.3 is 5.97 Å². The first-order chi connectivity index (χ1) is 11.9. The van der Waals surface area contributed by atoms with Gasteiger partial charge in [0.2, 0.25) is 5.91 Å². The standard InChI is InChI=1S/C18H25NO6/c1-13(20)12-19(10-9-18(22)25-4)17(21)8-6-14-5-7-15(23-2)16(11-14)24-3/h5-8,11,13,20H,9-10,12H2,1-4H3/b8-6+. The van der Waals surface area contributed by atoms with Crippen LogP contribution in [0.1, 0.15) is 18.9 Å². The molecule has 1 atom stereocenters. The van der Waals surface area contributed by atoms with Crippen molar-refractivity contribution in [1.29, 1.82) is 0 Å². The van der Waals surface area contributed by atoms with Crippen molar-refractivity contribution in [3.05, 3.63) is 29.8 Å². The molecule has 25 heavy (non-hydrogen) atoms. The van der Waals surface area contributed by atoms with Gasteiger partial charge in [-0.25, -0.2) is 0 Å². The molecule has 0 aliphatic heterocycles. The molecule has 1 N–H and O–H groups in total. The van der Waals surface area contributed by atoms with Crippen LogP contribution in [0.4, 0.5) is 0 Å². The van der Waals surface area contributed by atoms with Gasteiger partial charge in [-0.15, -0.1) is 0 Å². The summed E-state index contributed by atoms with van der Waals surface area (Å²) < 4.78 is 15.0. The van der Waals surface area contributed by atoms with E-state index in [0.29, 0.717) is 11.5 Å². The molecule has 0 aliphatic rings. The number of methoxy groups -OCH3 is 3. The highest BCUT2D eigenvalue weighted by Crippen LogP contribution is 2.27. The highest BCUT2D eigenvalue weighted by Gasteiger charge is 2.15. The summed E-state index contributed by atoms with van der Waals surface area (Å²) in [6, 6.07) is 5.28. The summed E-state index contributed by atoms with van der Waals surface area (Å²) in [6.07, 6.45) is 2.40. The minimum absolute atomic E-state index is 0.0686. The van der Waals surface area contributed by atoms with Gasteiger partial charge in [0.05, 0.1) is 33.9 Å². The summed E-state index contributed by atoms with van der Waals surface area (Å²) in [4.78, 5) is 25.0. The Hall–Kier alpha value is -2.54. The molecule has 138 valence electrons. The zero-order valence-corrected chi connectivity index (χ0v) is 15.0.